The van der Waals surface area contributed by atoms with Gasteiger partial charge in [0.15, 0.2) is 5.60 Å². The maximum Gasteiger partial charge on any atom is 0.309 e. The monoisotopic (exact) mass is 251 g/mol. The molecule has 98 valence electrons. The molecular weight excluding hydrogens is 234 g/mol. The largest absolute Gasteiger partial charge is 0.464 e. The molecule has 0 N–H and O–H groups in total. The van der Waals surface area contributed by atoms with E-state index in [1.54, 1.807) is 20.8 Å². The molecule has 0 rings (SSSR count). The van der Waals surface area contributed by atoms with E-state index < -0.39 is 23.5 Å². The van der Waals surface area contributed by atoms with Crippen LogP contribution in [-0.2, 0) is 19.1 Å². The molecule has 0 bridgehead atoms. The Kier molecular flexibility index (Phi) is 6.52. The molecule has 5 nitrogen and oxygen atoms in total. The molecule has 0 aromatic rings. The standard InChI is InChI=1S/C13H17NO4/c1-5-13(3,4)18-11(15)9-10(2)12(16)17-8-6-7-14/h1,10H,6,8-9H2,2-4H3. The molecule has 1 atom stereocenters. The van der Waals surface area contributed by atoms with Gasteiger partial charge in [0.2, 0.25) is 0 Å². The fraction of sp³-hybridized carbons (Fsp3) is 0.615. The lowest BCUT2D eigenvalue weighted by Gasteiger charge is -2.19. The lowest BCUT2D eigenvalue weighted by molar-refractivity contribution is -0.159. The smallest absolute Gasteiger partial charge is 0.309 e. The zero-order valence-electron chi connectivity index (χ0n) is 10.9. The zero-order chi connectivity index (χ0) is 14.2. The third kappa shape index (κ3) is 6.55. The van der Waals surface area contributed by atoms with Gasteiger partial charge in [-0.3, -0.25) is 9.59 Å². The quantitative estimate of drug-likeness (QED) is 0.405. The van der Waals surface area contributed by atoms with Gasteiger partial charge in [0.1, 0.15) is 6.61 Å². The molecule has 0 saturated carbocycles. The van der Waals surface area contributed by atoms with Crippen molar-refractivity contribution in [2.24, 2.45) is 5.92 Å². The number of carbonyl (C=O) groups excluding carboxylic acids is 2. The highest BCUT2D eigenvalue weighted by Crippen LogP contribution is 2.12. The van der Waals surface area contributed by atoms with Crippen molar-refractivity contribution < 1.29 is 19.1 Å². The Balaban J connectivity index is 4.13. The van der Waals surface area contributed by atoms with Crippen LogP contribution in [-0.4, -0.2) is 24.1 Å². The highest BCUT2D eigenvalue weighted by molar-refractivity contribution is 5.79. The summed E-state index contributed by atoms with van der Waals surface area (Å²) in [7, 11) is 0. The Morgan fingerprint density at radius 1 is 1.44 bits per heavy atom. The van der Waals surface area contributed by atoms with Crippen LogP contribution in [0, 0.1) is 29.6 Å². The van der Waals surface area contributed by atoms with Crippen molar-refractivity contribution in [2.45, 2.75) is 39.2 Å². The zero-order valence-corrected chi connectivity index (χ0v) is 10.9. The second-order valence-corrected chi connectivity index (χ2v) is 4.31. The van der Waals surface area contributed by atoms with Gasteiger partial charge in [0, 0.05) is 0 Å². The molecule has 0 amide bonds. The van der Waals surface area contributed by atoms with Gasteiger partial charge in [-0.2, -0.15) is 5.26 Å². The molecular formula is C13H17NO4. The summed E-state index contributed by atoms with van der Waals surface area (Å²) >= 11 is 0. The molecule has 1 unspecified atom stereocenters. The van der Waals surface area contributed by atoms with Crippen molar-refractivity contribution in [2.75, 3.05) is 6.61 Å². The minimum Gasteiger partial charge on any atom is -0.464 e. The van der Waals surface area contributed by atoms with Gasteiger partial charge in [-0.1, -0.05) is 12.8 Å². The molecule has 0 spiro atoms. The van der Waals surface area contributed by atoms with Crippen LogP contribution in [0.4, 0.5) is 0 Å². The summed E-state index contributed by atoms with van der Waals surface area (Å²) in [6.45, 7) is 4.75. The fourth-order valence-electron chi connectivity index (χ4n) is 1.03. The molecule has 18 heavy (non-hydrogen) atoms. The van der Waals surface area contributed by atoms with Crippen molar-refractivity contribution >= 4 is 11.9 Å². The van der Waals surface area contributed by atoms with Crippen LogP contribution in [0.25, 0.3) is 0 Å². The van der Waals surface area contributed by atoms with Gasteiger partial charge in [0.05, 0.1) is 24.8 Å². The third-order valence-electron chi connectivity index (χ3n) is 2.05. The van der Waals surface area contributed by atoms with Crippen molar-refractivity contribution in [1.29, 1.82) is 5.26 Å². The van der Waals surface area contributed by atoms with Crippen molar-refractivity contribution in [3.05, 3.63) is 0 Å². The SMILES string of the molecule is C#CC(C)(C)OC(=O)CC(C)C(=O)OCCC#N. The van der Waals surface area contributed by atoms with Crippen LogP contribution in [0.3, 0.4) is 0 Å². The summed E-state index contributed by atoms with van der Waals surface area (Å²) in [5.74, 6) is 0.621. The molecule has 0 aromatic carbocycles. The van der Waals surface area contributed by atoms with E-state index in [2.05, 4.69) is 5.92 Å². The Hall–Kier alpha value is -2.01. The van der Waals surface area contributed by atoms with Crippen LogP contribution in [0.15, 0.2) is 0 Å². The first-order chi connectivity index (χ1) is 8.32. The highest BCUT2D eigenvalue weighted by atomic mass is 16.6. The van der Waals surface area contributed by atoms with Crippen LogP contribution in [0.2, 0.25) is 0 Å². The van der Waals surface area contributed by atoms with E-state index in [0.717, 1.165) is 0 Å². The molecule has 0 aliphatic carbocycles. The van der Waals surface area contributed by atoms with E-state index in [1.165, 1.54) is 0 Å². The maximum atomic E-state index is 11.5. The van der Waals surface area contributed by atoms with E-state index in [-0.39, 0.29) is 19.4 Å². The first kappa shape index (κ1) is 16.0. The van der Waals surface area contributed by atoms with E-state index in [1.807, 2.05) is 6.07 Å². The van der Waals surface area contributed by atoms with E-state index in [4.69, 9.17) is 21.2 Å². The van der Waals surface area contributed by atoms with Gasteiger partial charge < -0.3 is 9.47 Å². The van der Waals surface area contributed by atoms with Crippen LogP contribution < -0.4 is 0 Å². The Bertz CT molecular complexity index is 387. The van der Waals surface area contributed by atoms with Crippen LogP contribution in [0.5, 0.6) is 0 Å². The summed E-state index contributed by atoms with van der Waals surface area (Å²) in [4.78, 5) is 22.9. The highest BCUT2D eigenvalue weighted by Gasteiger charge is 2.24. The topological polar surface area (TPSA) is 76.4 Å². The number of hydrogen-bond donors (Lipinski definition) is 0. The van der Waals surface area contributed by atoms with Crippen molar-refractivity contribution in [3.8, 4) is 18.4 Å². The molecule has 0 fully saturated rings. The van der Waals surface area contributed by atoms with Crippen molar-refractivity contribution in [3.63, 3.8) is 0 Å². The Labute approximate surface area is 107 Å². The number of terminal acetylenes is 1. The summed E-state index contributed by atoms with van der Waals surface area (Å²) < 4.78 is 9.79. The van der Waals surface area contributed by atoms with Crippen molar-refractivity contribution in [1.82, 2.24) is 0 Å². The Morgan fingerprint density at radius 2 is 2.06 bits per heavy atom. The minimum atomic E-state index is -0.985. The summed E-state index contributed by atoms with van der Waals surface area (Å²) in [6.07, 6.45) is 5.21. The predicted octanol–water partition coefficient (Wildman–Crippen LogP) is 1.42. The number of esters is 2. The second-order valence-electron chi connectivity index (χ2n) is 4.31. The molecule has 0 heterocycles. The third-order valence-corrected chi connectivity index (χ3v) is 2.05. The van der Waals surface area contributed by atoms with Gasteiger partial charge >= 0.3 is 11.9 Å². The lowest BCUT2D eigenvalue weighted by atomic mass is 10.1. The Morgan fingerprint density at radius 3 is 2.56 bits per heavy atom. The van der Waals surface area contributed by atoms with Gasteiger partial charge in [-0.05, 0) is 13.8 Å². The number of nitrogens with zero attached hydrogens (tertiary/aromatic N) is 1. The van der Waals surface area contributed by atoms with E-state index in [0.29, 0.717) is 0 Å². The van der Waals surface area contributed by atoms with E-state index in [9.17, 15) is 9.59 Å². The number of nitriles is 1. The molecule has 0 radical (unpaired) electrons. The molecule has 5 heteroatoms. The normalized spacial score (nSPS) is 11.8. The average molecular weight is 251 g/mol. The average Bonchev–Trinajstić information content (AvgIpc) is 2.28. The number of carbonyl (C=O) groups is 2. The number of ether oxygens (including phenoxy) is 2. The van der Waals surface area contributed by atoms with E-state index >= 15 is 0 Å². The van der Waals surface area contributed by atoms with Crippen LogP contribution in [0.1, 0.15) is 33.6 Å². The summed E-state index contributed by atoms with van der Waals surface area (Å²) in [5, 5.41) is 8.28. The summed E-state index contributed by atoms with van der Waals surface area (Å²) in [5.41, 5.74) is -0.985. The number of rotatable bonds is 6. The van der Waals surface area contributed by atoms with Gasteiger partial charge in [-0.25, -0.2) is 0 Å². The van der Waals surface area contributed by atoms with Crippen LogP contribution >= 0.6 is 0 Å². The fourth-order valence-corrected chi connectivity index (χ4v) is 1.03. The van der Waals surface area contributed by atoms with Gasteiger partial charge in [-0.15, -0.1) is 6.42 Å². The molecule has 0 saturated heterocycles. The second kappa shape index (κ2) is 7.34. The maximum absolute atomic E-state index is 11.5. The summed E-state index contributed by atoms with van der Waals surface area (Å²) in [6, 6.07) is 1.85. The molecule has 0 aromatic heterocycles. The molecule has 0 aliphatic heterocycles. The number of hydrogen-bond acceptors (Lipinski definition) is 5. The molecule has 0 aliphatic rings. The minimum absolute atomic E-state index is 0.0323. The first-order valence-electron chi connectivity index (χ1n) is 5.55. The predicted molar refractivity (Wildman–Crippen MR) is 64.0 cm³/mol. The first-order valence-corrected chi connectivity index (χ1v) is 5.55. The van der Waals surface area contributed by atoms with Gasteiger partial charge in [0.25, 0.3) is 0 Å². The lowest BCUT2D eigenvalue weighted by Crippen LogP contribution is -2.28.